The molecule has 32 heavy (non-hydrogen) atoms. The first kappa shape index (κ1) is 20.3. The number of benzene rings is 2. The molecule has 3 heterocycles. The van der Waals surface area contributed by atoms with E-state index in [2.05, 4.69) is 10.6 Å². The lowest BCUT2D eigenvalue weighted by molar-refractivity contribution is -0.136. The topological polar surface area (TPSA) is 87.7 Å². The van der Waals surface area contributed by atoms with Crippen molar-refractivity contribution in [2.75, 3.05) is 13.2 Å². The van der Waals surface area contributed by atoms with Crippen molar-refractivity contribution in [1.82, 2.24) is 15.5 Å². The zero-order chi connectivity index (χ0) is 22.1. The van der Waals surface area contributed by atoms with Crippen LogP contribution in [0.1, 0.15) is 28.5 Å². The molecule has 1 saturated heterocycles. The maximum absolute atomic E-state index is 13.4. The van der Waals surface area contributed by atoms with E-state index < -0.39 is 23.4 Å². The average Bonchev–Trinajstić information content (AvgIpc) is 3.42. The molecule has 2 N–H and O–H groups in total. The Morgan fingerprint density at radius 3 is 2.66 bits per heavy atom. The fraction of sp³-hybridized carbons (Fsp3) is 0.208. The smallest absolute Gasteiger partial charge is 0.325 e. The van der Waals surface area contributed by atoms with Crippen molar-refractivity contribution in [3.05, 3.63) is 88.1 Å². The molecule has 2 aromatic carbocycles. The summed E-state index contributed by atoms with van der Waals surface area (Å²) in [5.41, 5.74) is 0.349. The Labute approximate surface area is 189 Å². The lowest BCUT2D eigenvalue weighted by Gasteiger charge is -2.33. The number of thiophene rings is 1. The van der Waals surface area contributed by atoms with Crippen LogP contribution in [0, 0.1) is 0 Å². The van der Waals surface area contributed by atoms with Crippen LogP contribution in [0.4, 0.5) is 4.79 Å². The Morgan fingerprint density at radius 2 is 1.88 bits per heavy atom. The first-order chi connectivity index (χ1) is 15.6. The highest BCUT2D eigenvalue weighted by molar-refractivity contribution is 7.10. The lowest BCUT2D eigenvalue weighted by Crippen LogP contribution is -2.48. The third-order valence-corrected chi connectivity index (χ3v) is 6.76. The van der Waals surface area contributed by atoms with Gasteiger partial charge in [0.15, 0.2) is 5.54 Å². The van der Waals surface area contributed by atoms with E-state index in [-0.39, 0.29) is 12.6 Å². The summed E-state index contributed by atoms with van der Waals surface area (Å²) in [6.45, 7) is -0.0539. The van der Waals surface area contributed by atoms with Gasteiger partial charge < -0.3 is 15.4 Å². The number of rotatable bonds is 5. The summed E-state index contributed by atoms with van der Waals surface area (Å²) in [6.07, 6.45) is 0.314. The second-order valence-corrected chi connectivity index (χ2v) is 8.73. The van der Waals surface area contributed by atoms with Gasteiger partial charge in [0, 0.05) is 16.9 Å². The van der Waals surface area contributed by atoms with Gasteiger partial charge in [-0.2, -0.15) is 0 Å². The number of hydrogen-bond acceptors (Lipinski definition) is 5. The molecule has 162 valence electrons. The Morgan fingerprint density at radius 1 is 1.09 bits per heavy atom. The zero-order valence-electron chi connectivity index (χ0n) is 17.1. The van der Waals surface area contributed by atoms with Gasteiger partial charge in [0.05, 0.1) is 12.6 Å². The number of ether oxygens (including phenoxy) is 1. The normalized spacial score (nSPS) is 20.4. The molecule has 1 spiro atoms. The van der Waals surface area contributed by atoms with Gasteiger partial charge >= 0.3 is 6.03 Å². The number of carbonyl (C=O) groups is 3. The molecule has 2 atom stereocenters. The summed E-state index contributed by atoms with van der Waals surface area (Å²) in [5.74, 6) is -0.269. The molecular weight excluding hydrogens is 426 g/mol. The third kappa shape index (κ3) is 3.42. The first-order valence-electron chi connectivity index (χ1n) is 10.3. The fourth-order valence-corrected chi connectivity index (χ4v) is 5.09. The molecule has 1 fully saturated rings. The van der Waals surface area contributed by atoms with Crippen LogP contribution in [0.5, 0.6) is 5.75 Å². The van der Waals surface area contributed by atoms with Crippen molar-refractivity contribution in [1.29, 1.82) is 0 Å². The van der Waals surface area contributed by atoms with E-state index in [0.717, 1.165) is 15.3 Å². The van der Waals surface area contributed by atoms with Crippen LogP contribution in [0.15, 0.2) is 72.1 Å². The molecule has 0 aliphatic carbocycles. The highest BCUT2D eigenvalue weighted by Crippen LogP contribution is 2.40. The van der Waals surface area contributed by atoms with Crippen LogP contribution in [-0.4, -0.2) is 35.9 Å². The summed E-state index contributed by atoms with van der Waals surface area (Å²) in [4.78, 5) is 41.1. The van der Waals surface area contributed by atoms with Gasteiger partial charge in [0.2, 0.25) is 5.91 Å². The fourth-order valence-electron chi connectivity index (χ4n) is 4.29. The number of amides is 4. The van der Waals surface area contributed by atoms with Gasteiger partial charge in [-0.15, -0.1) is 11.3 Å². The van der Waals surface area contributed by atoms with Crippen LogP contribution in [0.3, 0.4) is 0 Å². The number of imide groups is 1. The van der Waals surface area contributed by atoms with Crippen LogP contribution in [-0.2, 0) is 15.1 Å². The summed E-state index contributed by atoms with van der Waals surface area (Å²) >= 11 is 1.53. The van der Waals surface area contributed by atoms with E-state index in [1.807, 2.05) is 53.9 Å². The van der Waals surface area contributed by atoms with E-state index in [9.17, 15) is 14.4 Å². The molecule has 0 bridgehead atoms. The van der Waals surface area contributed by atoms with Gasteiger partial charge in [0.1, 0.15) is 12.3 Å². The van der Waals surface area contributed by atoms with Gasteiger partial charge in [-0.3, -0.25) is 14.5 Å². The second kappa shape index (κ2) is 8.12. The standard InChI is InChI=1S/C24H21N3O4S/c28-20(25-21(19-11-6-14-32-19)16-7-2-1-3-8-16)15-27-22(29)24(26-23(27)30)12-13-31-18-10-5-4-9-17(18)24/h1-11,14,21H,12-13,15H2,(H,25,28)(H,26,30). The van der Waals surface area contributed by atoms with Crippen LogP contribution < -0.4 is 15.4 Å². The summed E-state index contributed by atoms with van der Waals surface area (Å²) in [7, 11) is 0. The van der Waals surface area contributed by atoms with Crippen molar-refractivity contribution < 1.29 is 19.1 Å². The lowest BCUT2D eigenvalue weighted by atomic mass is 9.84. The van der Waals surface area contributed by atoms with Crippen molar-refractivity contribution in [2.24, 2.45) is 0 Å². The molecule has 8 heteroatoms. The molecule has 7 nitrogen and oxygen atoms in total. The maximum Gasteiger partial charge on any atom is 0.325 e. The van der Waals surface area contributed by atoms with E-state index in [1.165, 1.54) is 11.3 Å². The van der Waals surface area contributed by atoms with Gasteiger partial charge in [0.25, 0.3) is 5.91 Å². The minimum atomic E-state index is -1.20. The number of urea groups is 1. The zero-order valence-corrected chi connectivity index (χ0v) is 17.9. The minimum Gasteiger partial charge on any atom is -0.493 e. The average molecular weight is 448 g/mol. The maximum atomic E-state index is 13.4. The molecule has 2 unspecified atom stereocenters. The van der Waals surface area contributed by atoms with Crippen LogP contribution in [0.25, 0.3) is 0 Å². The first-order valence-corrected chi connectivity index (χ1v) is 11.2. The minimum absolute atomic E-state index is 0.303. The summed E-state index contributed by atoms with van der Waals surface area (Å²) in [5, 5.41) is 7.76. The molecule has 3 aromatic rings. The molecule has 5 rings (SSSR count). The second-order valence-electron chi connectivity index (χ2n) is 7.75. The number of nitrogens with one attached hydrogen (secondary N) is 2. The Balaban J connectivity index is 1.37. The van der Waals surface area contributed by atoms with Gasteiger partial charge in [-0.1, -0.05) is 54.6 Å². The highest BCUT2D eigenvalue weighted by Gasteiger charge is 2.55. The molecule has 4 amide bonds. The Bertz CT molecular complexity index is 1170. The molecular formula is C24H21N3O4S. The molecule has 0 saturated carbocycles. The van der Waals surface area contributed by atoms with E-state index in [4.69, 9.17) is 4.74 Å². The number of carbonyl (C=O) groups excluding carboxylic acids is 3. The van der Waals surface area contributed by atoms with Crippen molar-refractivity contribution in [2.45, 2.75) is 18.0 Å². The quantitative estimate of drug-likeness (QED) is 0.588. The van der Waals surface area contributed by atoms with Gasteiger partial charge in [-0.25, -0.2) is 4.79 Å². The van der Waals surface area contributed by atoms with Crippen molar-refractivity contribution in [3.8, 4) is 5.75 Å². The van der Waals surface area contributed by atoms with Crippen molar-refractivity contribution in [3.63, 3.8) is 0 Å². The number of nitrogens with zero attached hydrogens (tertiary/aromatic N) is 1. The number of para-hydroxylation sites is 1. The van der Waals surface area contributed by atoms with Crippen molar-refractivity contribution >= 4 is 29.2 Å². The SMILES string of the molecule is O=C(CN1C(=O)NC2(CCOc3ccccc32)C1=O)NC(c1ccccc1)c1cccs1. The van der Waals surface area contributed by atoms with Crippen LogP contribution in [0.2, 0.25) is 0 Å². The number of hydrogen-bond donors (Lipinski definition) is 2. The predicted octanol–water partition coefficient (Wildman–Crippen LogP) is 3.18. The molecule has 2 aliphatic rings. The molecule has 1 aromatic heterocycles. The predicted molar refractivity (Wildman–Crippen MR) is 119 cm³/mol. The van der Waals surface area contributed by atoms with Crippen LogP contribution >= 0.6 is 11.3 Å². The Kier molecular flexibility index (Phi) is 5.14. The van der Waals surface area contributed by atoms with Gasteiger partial charge in [-0.05, 0) is 23.1 Å². The summed E-state index contributed by atoms with van der Waals surface area (Å²) in [6, 6.07) is 19.7. The van der Waals surface area contributed by atoms with E-state index in [0.29, 0.717) is 24.3 Å². The van der Waals surface area contributed by atoms with E-state index in [1.54, 1.807) is 18.2 Å². The third-order valence-electron chi connectivity index (χ3n) is 5.82. The molecule has 2 aliphatic heterocycles. The number of fused-ring (bicyclic) bond motifs is 2. The highest BCUT2D eigenvalue weighted by atomic mass is 32.1. The molecule has 0 radical (unpaired) electrons. The van der Waals surface area contributed by atoms with E-state index >= 15 is 0 Å². The Hall–Kier alpha value is -3.65. The monoisotopic (exact) mass is 447 g/mol. The summed E-state index contributed by atoms with van der Waals surface area (Å²) < 4.78 is 5.65. The largest absolute Gasteiger partial charge is 0.493 e.